The van der Waals surface area contributed by atoms with Gasteiger partial charge >= 0.3 is 6.09 Å². The molecule has 2 heterocycles. The van der Waals surface area contributed by atoms with Crippen molar-refractivity contribution in [3.8, 4) is 0 Å². The third-order valence-electron chi connectivity index (χ3n) is 8.56. The molecule has 4 fully saturated rings. The summed E-state index contributed by atoms with van der Waals surface area (Å²) in [6, 6.07) is 0.327. The van der Waals surface area contributed by atoms with Crippen molar-refractivity contribution in [1.29, 1.82) is 0 Å². The Morgan fingerprint density at radius 3 is 2.47 bits per heavy atom. The Morgan fingerprint density at radius 2 is 1.75 bits per heavy atom. The van der Waals surface area contributed by atoms with Crippen molar-refractivity contribution in [1.82, 2.24) is 4.90 Å². The Kier molecular flexibility index (Phi) is 7.26. The summed E-state index contributed by atoms with van der Waals surface area (Å²) in [5, 5.41) is 0. The van der Waals surface area contributed by atoms with E-state index in [1.54, 1.807) is 7.11 Å². The first-order valence-corrected chi connectivity index (χ1v) is 13.1. The molecular formula is C27H45NO4. The Labute approximate surface area is 195 Å². The van der Waals surface area contributed by atoms with Gasteiger partial charge in [-0.3, -0.25) is 4.90 Å². The van der Waals surface area contributed by atoms with Crippen LogP contribution in [0.5, 0.6) is 0 Å². The first kappa shape index (κ1) is 24.1. The summed E-state index contributed by atoms with van der Waals surface area (Å²) in [4.78, 5) is 15.1. The molecule has 182 valence electrons. The summed E-state index contributed by atoms with van der Waals surface area (Å²) in [5.74, 6) is 3.01. The Balaban J connectivity index is 1.57. The van der Waals surface area contributed by atoms with Gasteiger partial charge in [0.25, 0.3) is 0 Å². The maximum absolute atomic E-state index is 13.1. The SMILES string of the molecule is CO[C@@H]1O[C@H](C)[C@H]2[C@@H](C=C[C@@H]3CCC[C@@H](C)N3C(=O)OC(C)(C)C)[C@@H]3CCCC[C@H]3C[C@@H]12. The lowest BCUT2D eigenvalue weighted by atomic mass is 9.57. The molecule has 4 rings (SSSR count). The van der Waals surface area contributed by atoms with E-state index < -0.39 is 5.60 Å². The number of hydrogen-bond acceptors (Lipinski definition) is 4. The van der Waals surface area contributed by atoms with Gasteiger partial charge in [0.05, 0.1) is 12.1 Å². The number of nitrogens with zero attached hydrogens (tertiary/aromatic N) is 1. The van der Waals surface area contributed by atoms with Gasteiger partial charge in [-0.15, -0.1) is 0 Å². The van der Waals surface area contributed by atoms with Gasteiger partial charge in [-0.25, -0.2) is 4.79 Å². The molecule has 9 atom stereocenters. The number of rotatable bonds is 3. The first-order valence-electron chi connectivity index (χ1n) is 13.1. The number of amides is 1. The number of allylic oxidation sites excluding steroid dienone is 1. The summed E-state index contributed by atoms with van der Waals surface area (Å²) in [6.45, 7) is 10.2. The fraction of sp³-hybridized carbons (Fsp3) is 0.889. The van der Waals surface area contributed by atoms with E-state index in [0.29, 0.717) is 17.8 Å². The predicted octanol–water partition coefficient (Wildman–Crippen LogP) is 6.17. The van der Waals surface area contributed by atoms with Gasteiger partial charge in [-0.1, -0.05) is 31.4 Å². The van der Waals surface area contributed by atoms with E-state index in [0.717, 1.165) is 31.1 Å². The Morgan fingerprint density at radius 1 is 1.00 bits per heavy atom. The van der Waals surface area contributed by atoms with Gasteiger partial charge in [0, 0.05) is 19.1 Å². The molecule has 0 aromatic heterocycles. The van der Waals surface area contributed by atoms with Crippen molar-refractivity contribution in [3.63, 3.8) is 0 Å². The zero-order chi connectivity index (χ0) is 23.0. The van der Waals surface area contributed by atoms with E-state index in [4.69, 9.17) is 14.2 Å². The van der Waals surface area contributed by atoms with E-state index >= 15 is 0 Å². The van der Waals surface area contributed by atoms with Gasteiger partial charge in [0.1, 0.15) is 5.60 Å². The minimum absolute atomic E-state index is 0.0678. The first-order chi connectivity index (χ1) is 15.2. The second-order valence-corrected chi connectivity index (χ2v) is 11.8. The molecule has 2 saturated heterocycles. The minimum Gasteiger partial charge on any atom is -0.444 e. The molecule has 2 aliphatic carbocycles. The quantitative estimate of drug-likeness (QED) is 0.485. The molecule has 2 aliphatic heterocycles. The standard InChI is InChI=1S/C27H45NO4/c1-17-10-9-12-20(28(17)26(29)32-27(3,4)5)14-15-22-21-13-8-7-11-19(21)16-23-24(22)18(2)31-25(23)30-6/h14-15,17-25H,7-13,16H2,1-6H3/t17-,18-,19+,20+,21-,22+,23-,24+,25-/m1/s1. The van der Waals surface area contributed by atoms with Crippen LogP contribution in [0.2, 0.25) is 0 Å². The Bertz CT molecular complexity index is 686. The van der Waals surface area contributed by atoms with Crippen LogP contribution in [0.1, 0.15) is 86.0 Å². The molecular weight excluding hydrogens is 402 g/mol. The molecule has 4 aliphatic rings. The molecule has 0 aromatic carbocycles. The highest BCUT2D eigenvalue weighted by atomic mass is 16.7. The number of piperidine rings is 1. The van der Waals surface area contributed by atoms with Crippen molar-refractivity contribution in [2.24, 2.45) is 29.6 Å². The van der Waals surface area contributed by atoms with Gasteiger partial charge in [0.15, 0.2) is 6.29 Å². The second-order valence-electron chi connectivity index (χ2n) is 11.8. The van der Waals surface area contributed by atoms with Gasteiger partial charge in [0.2, 0.25) is 0 Å². The lowest BCUT2D eigenvalue weighted by molar-refractivity contribution is -0.132. The monoisotopic (exact) mass is 447 g/mol. The number of hydrogen-bond donors (Lipinski definition) is 0. The Hall–Kier alpha value is -1.07. The summed E-state index contributed by atoms with van der Waals surface area (Å²) >= 11 is 0. The number of carbonyl (C=O) groups is 1. The molecule has 5 heteroatoms. The van der Waals surface area contributed by atoms with Crippen LogP contribution in [-0.4, -0.2) is 48.2 Å². The number of ether oxygens (including phenoxy) is 3. The molecule has 0 aromatic rings. The van der Waals surface area contributed by atoms with Gasteiger partial charge < -0.3 is 14.2 Å². The topological polar surface area (TPSA) is 48.0 Å². The van der Waals surface area contributed by atoms with E-state index in [1.807, 2.05) is 25.7 Å². The van der Waals surface area contributed by atoms with E-state index in [-0.39, 0.29) is 30.6 Å². The molecule has 32 heavy (non-hydrogen) atoms. The molecule has 0 radical (unpaired) electrons. The highest BCUT2D eigenvalue weighted by molar-refractivity contribution is 5.69. The zero-order valence-electron chi connectivity index (χ0n) is 21.1. The summed E-state index contributed by atoms with van der Waals surface area (Å²) in [6.07, 6.45) is 14.6. The summed E-state index contributed by atoms with van der Waals surface area (Å²) in [7, 11) is 1.79. The lowest BCUT2D eigenvalue weighted by Gasteiger charge is -2.47. The van der Waals surface area contributed by atoms with Crippen LogP contribution in [0, 0.1) is 29.6 Å². The van der Waals surface area contributed by atoms with Crippen LogP contribution in [0.3, 0.4) is 0 Å². The van der Waals surface area contributed by atoms with Crippen LogP contribution >= 0.6 is 0 Å². The van der Waals surface area contributed by atoms with Crippen LogP contribution in [-0.2, 0) is 14.2 Å². The van der Waals surface area contributed by atoms with Crippen LogP contribution < -0.4 is 0 Å². The van der Waals surface area contributed by atoms with E-state index in [9.17, 15) is 4.79 Å². The smallest absolute Gasteiger partial charge is 0.411 e. The van der Waals surface area contributed by atoms with E-state index in [2.05, 4.69) is 26.0 Å². The van der Waals surface area contributed by atoms with Crippen molar-refractivity contribution in [2.75, 3.05) is 7.11 Å². The highest BCUT2D eigenvalue weighted by Gasteiger charge is 2.53. The van der Waals surface area contributed by atoms with Crippen LogP contribution in [0.4, 0.5) is 4.79 Å². The third kappa shape index (κ3) is 4.89. The molecule has 0 unspecified atom stereocenters. The van der Waals surface area contributed by atoms with Gasteiger partial charge in [-0.05, 0) is 90.4 Å². The number of carbonyl (C=O) groups excluding carboxylic acids is 1. The minimum atomic E-state index is -0.472. The number of fused-ring (bicyclic) bond motifs is 2. The second kappa shape index (κ2) is 9.66. The lowest BCUT2D eigenvalue weighted by Crippen LogP contribution is -2.50. The summed E-state index contributed by atoms with van der Waals surface area (Å²) < 4.78 is 17.8. The van der Waals surface area contributed by atoms with Gasteiger partial charge in [-0.2, -0.15) is 0 Å². The maximum atomic E-state index is 13.1. The third-order valence-corrected chi connectivity index (χ3v) is 8.56. The van der Waals surface area contributed by atoms with Crippen LogP contribution in [0.15, 0.2) is 12.2 Å². The van der Waals surface area contributed by atoms with Crippen molar-refractivity contribution >= 4 is 6.09 Å². The molecule has 0 spiro atoms. The molecule has 0 N–H and O–H groups in total. The summed E-state index contributed by atoms with van der Waals surface area (Å²) in [5.41, 5.74) is -0.472. The predicted molar refractivity (Wildman–Crippen MR) is 126 cm³/mol. The van der Waals surface area contributed by atoms with Crippen molar-refractivity contribution < 1.29 is 19.0 Å². The van der Waals surface area contributed by atoms with Crippen molar-refractivity contribution in [3.05, 3.63) is 12.2 Å². The molecule has 5 nitrogen and oxygen atoms in total. The number of methoxy groups -OCH3 is 1. The fourth-order valence-electron chi connectivity index (χ4n) is 7.27. The highest BCUT2D eigenvalue weighted by Crippen LogP contribution is 2.55. The van der Waals surface area contributed by atoms with E-state index in [1.165, 1.54) is 32.1 Å². The van der Waals surface area contributed by atoms with Crippen molar-refractivity contribution in [2.45, 2.75) is 116 Å². The molecule has 2 saturated carbocycles. The number of likely N-dealkylation sites (tertiary alicyclic amines) is 1. The maximum Gasteiger partial charge on any atom is 0.411 e. The fourth-order valence-corrected chi connectivity index (χ4v) is 7.27. The molecule has 1 amide bonds. The average molecular weight is 448 g/mol. The van der Waals surface area contributed by atoms with Crippen LogP contribution in [0.25, 0.3) is 0 Å². The zero-order valence-corrected chi connectivity index (χ0v) is 21.1. The average Bonchev–Trinajstić information content (AvgIpc) is 3.05. The normalized spacial score (nSPS) is 42.6. The molecule has 0 bridgehead atoms. The largest absolute Gasteiger partial charge is 0.444 e.